The highest BCUT2D eigenvalue weighted by Gasteiger charge is 2.38. The second kappa shape index (κ2) is 10.1. The van der Waals surface area contributed by atoms with Crippen LogP contribution in [0, 0.1) is 0 Å². The van der Waals surface area contributed by atoms with Crippen LogP contribution in [0.1, 0.15) is 31.4 Å². The molecular formula is C28H30N4O3. The van der Waals surface area contributed by atoms with Crippen molar-refractivity contribution >= 4 is 22.8 Å². The third kappa shape index (κ3) is 4.67. The summed E-state index contributed by atoms with van der Waals surface area (Å²) >= 11 is 0. The molecule has 0 radical (unpaired) electrons. The molecule has 1 N–H and O–H groups in total. The van der Waals surface area contributed by atoms with E-state index in [1.165, 1.54) is 0 Å². The summed E-state index contributed by atoms with van der Waals surface area (Å²) in [7, 11) is 0. The van der Waals surface area contributed by atoms with Gasteiger partial charge in [-0.2, -0.15) is 0 Å². The average molecular weight is 471 g/mol. The van der Waals surface area contributed by atoms with Gasteiger partial charge in [0.25, 0.3) is 0 Å². The zero-order chi connectivity index (χ0) is 24.2. The number of H-pyrrole nitrogens is 1. The maximum absolute atomic E-state index is 13.1. The smallest absolute Gasteiger partial charge is 0.411 e. The Morgan fingerprint density at radius 2 is 1.69 bits per heavy atom. The highest BCUT2D eigenvalue weighted by molar-refractivity contribution is 5.75. The predicted molar refractivity (Wildman–Crippen MR) is 137 cm³/mol. The van der Waals surface area contributed by atoms with Gasteiger partial charge in [-0.3, -0.25) is 9.47 Å². The van der Waals surface area contributed by atoms with Gasteiger partial charge in [0, 0.05) is 31.2 Å². The van der Waals surface area contributed by atoms with E-state index in [4.69, 9.17) is 4.74 Å². The van der Waals surface area contributed by atoms with Crippen LogP contribution in [0.4, 0.5) is 10.5 Å². The van der Waals surface area contributed by atoms with Crippen LogP contribution in [0.3, 0.4) is 0 Å². The lowest BCUT2D eigenvalue weighted by Gasteiger charge is -2.45. The van der Waals surface area contributed by atoms with Crippen LogP contribution in [-0.4, -0.2) is 39.9 Å². The largest absolute Gasteiger partial charge is 0.450 e. The van der Waals surface area contributed by atoms with Crippen molar-refractivity contribution in [1.82, 2.24) is 14.5 Å². The Morgan fingerprint density at radius 1 is 1.00 bits per heavy atom. The number of piperidine rings is 1. The number of fused-ring (bicyclic) bond motifs is 1. The molecule has 180 valence electrons. The first-order valence-electron chi connectivity index (χ1n) is 12.1. The molecule has 1 saturated heterocycles. The van der Waals surface area contributed by atoms with E-state index >= 15 is 0 Å². The number of nitrogens with one attached hydrogen (secondary N) is 1. The van der Waals surface area contributed by atoms with Crippen LogP contribution >= 0.6 is 0 Å². The Morgan fingerprint density at radius 3 is 2.43 bits per heavy atom. The number of aromatic nitrogens is 2. The summed E-state index contributed by atoms with van der Waals surface area (Å²) in [6.07, 6.45) is 0.667. The molecule has 0 aliphatic carbocycles. The molecule has 4 aromatic rings. The molecule has 1 aliphatic heterocycles. The molecule has 7 nitrogen and oxygen atoms in total. The van der Waals surface area contributed by atoms with Crippen LogP contribution < -0.4 is 10.6 Å². The second-order valence-electron chi connectivity index (χ2n) is 8.82. The Kier molecular flexibility index (Phi) is 6.57. The minimum absolute atomic E-state index is 0.0590. The van der Waals surface area contributed by atoms with Gasteiger partial charge >= 0.3 is 11.8 Å². The number of rotatable bonds is 6. The Bertz CT molecular complexity index is 1330. The molecule has 2 atom stereocenters. The van der Waals surface area contributed by atoms with Crippen molar-refractivity contribution in [3.8, 4) is 0 Å². The predicted octanol–water partition coefficient (Wildman–Crippen LogP) is 5.16. The molecule has 0 saturated carbocycles. The molecule has 1 aromatic heterocycles. The number of amides is 1. The van der Waals surface area contributed by atoms with Crippen LogP contribution in [0.15, 0.2) is 89.7 Å². The molecule has 5 rings (SSSR count). The monoisotopic (exact) mass is 470 g/mol. The van der Waals surface area contributed by atoms with Crippen molar-refractivity contribution in [3.05, 3.63) is 101 Å². The first kappa shape index (κ1) is 22.8. The lowest BCUT2D eigenvalue weighted by molar-refractivity contribution is 0.0643. The number of anilines is 1. The molecule has 3 aromatic carbocycles. The van der Waals surface area contributed by atoms with Crippen LogP contribution in [-0.2, 0) is 11.3 Å². The van der Waals surface area contributed by atoms with Crippen LogP contribution in [0.5, 0.6) is 0 Å². The fourth-order valence-corrected chi connectivity index (χ4v) is 5.08. The maximum Gasteiger partial charge on any atom is 0.411 e. The number of likely N-dealkylation sites (tertiary alicyclic amines) is 1. The molecular weight excluding hydrogens is 440 g/mol. The first-order valence-corrected chi connectivity index (χ1v) is 12.1. The van der Waals surface area contributed by atoms with Gasteiger partial charge in [0.2, 0.25) is 0 Å². The molecule has 35 heavy (non-hydrogen) atoms. The number of hydrogen-bond acceptors (Lipinski definition) is 4. The van der Waals surface area contributed by atoms with E-state index < -0.39 is 0 Å². The number of aromatic amines is 1. The number of carbonyl (C=O) groups is 1. The molecule has 1 amide bonds. The van der Waals surface area contributed by atoms with Crippen LogP contribution in [0.2, 0.25) is 0 Å². The van der Waals surface area contributed by atoms with Crippen molar-refractivity contribution in [2.45, 2.75) is 38.5 Å². The highest BCUT2D eigenvalue weighted by Crippen LogP contribution is 2.34. The van der Waals surface area contributed by atoms with Gasteiger partial charge in [0.1, 0.15) is 6.17 Å². The Balaban J connectivity index is 1.56. The van der Waals surface area contributed by atoms with E-state index in [-0.39, 0.29) is 24.0 Å². The molecule has 0 spiro atoms. The summed E-state index contributed by atoms with van der Waals surface area (Å²) in [5, 5.41) is 0. The van der Waals surface area contributed by atoms with Crippen molar-refractivity contribution in [1.29, 1.82) is 0 Å². The summed E-state index contributed by atoms with van der Waals surface area (Å²) in [4.78, 5) is 33.1. The van der Waals surface area contributed by atoms with Gasteiger partial charge in [-0.25, -0.2) is 9.59 Å². The summed E-state index contributed by atoms with van der Waals surface area (Å²) in [5.41, 5.74) is 3.76. The van der Waals surface area contributed by atoms with Gasteiger partial charge in [-0.05, 0) is 43.2 Å². The maximum atomic E-state index is 13.1. The van der Waals surface area contributed by atoms with E-state index in [0.29, 0.717) is 32.5 Å². The van der Waals surface area contributed by atoms with Gasteiger partial charge in [0.15, 0.2) is 0 Å². The SMILES string of the molecule is CCOC(=O)N1CCC(n2c(=O)[nH]c3ccccc32)CC1N(Cc1ccccc1)c1ccccc1. The summed E-state index contributed by atoms with van der Waals surface area (Å²) in [6, 6.07) is 28.1. The summed E-state index contributed by atoms with van der Waals surface area (Å²) in [5.74, 6) is 0. The number of ether oxygens (including phenoxy) is 1. The topological polar surface area (TPSA) is 70.6 Å². The zero-order valence-corrected chi connectivity index (χ0v) is 19.8. The lowest BCUT2D eigenvalue weighted by atomic mass is 9.99. The number of para-hydroxylation sites is 3. The third-order valence-corrected chi connectivity index (χ3v) is 6.68. The molecule has 7 heteroatoms. The quantitative estimate of drug-likeness (QED) is 0.423. The van der Waals surface area contributed by atoms with E-state index in [2.05, 4.69) is 34.1 Å². The number of benzene rings is 3. The van der Waals surface area contributed by atoms with Crippen LogP contribution in [0.25, 0.3) is 11.0 Å². The van der Waals surface area contributed by atoms with Gasteiger partial charge in [0.05, 0.1) is 17.6 Å². The van der Waals surface area contributed by atoms with Crippen molar-refractivity contribution in [2.75, 3.05) is 18.1 Å². The fraction of sp³-hybridized carbons (Fsp3) is 0.286. The van der Waals surface area contributed by atoms with Gasteiger partial charge < -0.3 is 14.6 Å². The van der Waals surface area contributed by atoms with E-state index in [1.54, 1.807) is 0 Å². The number of nitrogens with zero attached hydrogens (tertiary/aromatic N) is 3. The number of hydrogen-bond donors (Lipinski definition) is 1. The first-order chi connectivity index (χ1) is 17.2. The minimum Gasteiger partial charge on any atom is -0.450 e. The van der Waals surface area contributed by atoms with Crippen molar-refractivity contribution in [2.24, 2.45) is 0 Å². The number of carbonyl (C=O) groups excluding carboxylic acids is 1. The Labute approximate surface area is 204 Å². The lowest BCUT2D eigenvalue weighted by Crippen LogP contribution is -2.55. The second-order valence-corrected chi connectivity index (χ2v) is 8.82. The standard InChI is InChI=1S/C28H30N4O3/c1-2-35-28(34)30-18-17-23(32-25-16-10-9-15-24(25)29-27(32)33)19-26(30)31(22-13-7-4-8-14-22)20-21-11-5-3-6-12-21/h3-16,23,26H,2,17-20H2,1H3,(H,29,33). The van der Waals surface area contributed by atoms with Gasteiger partial charge in [-0.1, -0.05) is 60.7 Å². The molecule has 2 unspecified atom stereocenters. The fourth-order valence-electron chi connectivity index (χ4n) is 5.08. The summed E-state index contributed by atoms with van der Waals surface area (Å²) in [6.45, 7) is 3.26. The zero-order valence-electron chi connectivity index (χ0n) is 19.8. The Hall–Kier alpha value is -4.00. The number of imidazole rings is 1. The highest BCUT2D eigenvalue weighted by atomic mass is 16.6. The third-order valence-electron chi connectivity index (χ3n) is 6.68. The van der Waals surface area contributed by atoms with Crippen molar-refractivity contribution in [3.63, 3.8) is 0 Å². The molecule has 1 fully saturated rings. The van der Waals surface area contributed by atoms with Crippen molar-refractivity contribution < 1.29 is 9.53 Å². The van der Waals surface area contributed by atoms with Gasteiger partial charge in [-0.15, -0.1) is 0 Å². The molecule has 0 bridgehead atoms. The molecule has 1 aliphatic rings. The average Bonchev–Trinajstić information content (AvgIpc) is 3.24. The normalized spacial score (nSPS) is 17.9. The van der Waals surface area contributed by atoms with E-state index in [0.717, 1.165) is 22.3 Å². The van der Waals surface area contributed by atoms with E-state index in [9.17, 15) is 9.59 Å². The summed E-state index contributed by atoms with van der Waals surface area (Å²) < 4.78 is 7.31. The minimum atomic E-state index is -0.323. The van der Waals surface area contributed by atoms with E-state index in [1.807, 2.05) is 77.1 Å². The molecule has 2 heterocycles.